The molecule has 0 amide bonds. The Hall–Kier alpha value is -1.23. The number of nitrogens with zero attached hydrogens (tertiary/aromatic N) is 1. The first kappa shape index (κ1) is 10.8. The maximum Gasteiger partial charge on any atom is 0.280 e. The summed E-state index contributed by atoms with van der Waals surface area (Å²) in [5.41, 5.74) is 4.82. The van der Waals surface area contributed by atoms with Crippen molar-refractivity contribution in [2.75, 3.05) is 5.73 Å². The summed E-state index contributed by atoms with van der Waals surface area (Å²) < 4.78 is 24.8. The second-order valence-corrected chi connectivity index (χ2v) is 2.82. The topological polar surface area (TPSA) is 56.0 Å². The van der Waals surface area contributed by atoms with Crippen LogP contribution in [0.15, 0.2) is 6.07 Å². The molecular weight excluding hydrogens is 214 g/mol. The predicted molar refractivity (Wildman–Crippen MR) is 48.6 cm³/mol. The Morgan fingerprint density at radius 1 is 1.64 bits per heavy atom. The second-order valence-electron chi connectivity index (χ2n) is 2.55. The fourth-order valence-corrected chi connectivity index (χ4v) is 1.36. The van der Waals surface area contributed by atoms with E-state index in [1.54, 1.807) is 0 Å². The molecule has 1 heterocycles. The number of hydrogen-bond acceptors (Lipinski definition) is 3. The van der Waals surface area contributed by atoms with Gasteiger partial charge in [-0.15, -0.1) is 11.6 Å². The highest BCUT2D eigenvalue weighted by Gasteiger charge is 2.18. The van der Waals surface area contributed by atoms with Gasteiger partial charge < -0.3 is 5.73 Å². The number of aldehydes is 1. The lowest BCUT2D eigenvalue weighted by Gasteiger charge is -2.08. The van der Waals surface area contributed by atoms with Crippen molar-refractivity contribution in [3.63, 3.8) is 0 Å². The quantitative estimate of drug-likeness (QED) is 0.627. The van der Waals surface area contributed by atoms with Crippen LogP contribution in [0.2, 0.25) is 0 Å². The summed E-state index contributed by atoms with van der Waals surface area (Å²) in [6.07, 6.45) is -2.35. The van der Waals surface area contributed by atoms with Crippen molar-refractivity contribution < 1.29 is 13.6 Å². The summed E-state index contributed by atoms with van der Waals surface area (Å²) in [5, 5.41) is 0. The maximum atomic E-state index is 12.4. The third-order valence-electron chi connectivity index (χ3n) is 1.68. The standard InChI is InChI=1S/C8H7ClF2N2O/c9-2-5-4(3-14)1-6(12)13-7(5)8(10)11/h1,3,8H,2H2,(H2,12,13). The second kappa shape index (κ2) is 4.32. The molecule has 76 valence electrons. The van der Waals surface area contributed by atoms with Crippen molar-refractivity contribution in [1.29, 1.82) is 0 Å². The van der Waals surface area contributed by atoms with Gasteiger partial charge in [-0.25, -0.2) is 13.8 Å². The van der Waals surface area contributed by atoms with Crippen LogP contribution in [0.25, 0.3) is 0 Å². The molecule has 1 rings (SSSR count). The van der Waals surface area contributed by atoms with Gasteiger partial charge in [-0.1, -0.05) is 0 Å². The highest BCUT2D eigenvalue weighted by atomic mass is 35.5. The Labute approximate surface area is 83.9 Å². The van der Waals surface area contributed by atoms with Crippen LogP contribution in [0.4, 0.5) is 14.6 Å². The Morgan fingerprint density at radius 3 is 2.71 bits per heavy atom. The van der Waals surface area contributed by atoms with Crippen LogP contribution in [0.5, 0.6) is 0 Å². The smallest absolute Gasteiger partial charge is 0.280 e. The van der Waals surface area contributed by atoms with Crippen LogP contribution >= 0.6 is 11.6 Å². The van der Waals surface area contributed by atoms with Crippen LogP contribution in [0.1, 0.15) is 28.0 Å². The molecule has 0 bridgehead atoms. The molecule has 3 nitrogen and oxygen atoms in total. The Kier molecular flexibility index (Phi) is 3.35. The highest BCUT2D eigenvalue weighted by molar-refractivity contribution is 6.17. The van der Waals surface area contributed by atoms with Gasteiger partial charge in [0, 0.05) is 11.1 Å². The fourth-order valence-electron chi connectivity index (χ4n) is 1.06. The first-order valence-electron chi connectivity index (χ1n) is 3.68. The number of anilines is 1. The Bertz CT molecular complexity index is 357. The summed E-state index contributed by atoms with van der Waals surface area (Å²) in [7, 11) is 0. The zero-order chi connectivity index (χ0) is 10.7. The van der Waals surface area contributed by atoms with E-state index in [9.17, 15) is 13.6 Å². The SMILES string of the molecule is Nc1cc(C=O)c(CCl)c(C(F)F)n1. The molecule has 14 heavy (non-hydrogen) atoms. The van der Waals surface area contributed by atoms with Gasteiger partial charge in [0.1, 0.15) is 11.5 Å². The molecule has 0 aromatic carbocycles. The Balaban J connectivity index is 3.39. The van der Waals surface area contributed by atoms with Crippen molar-refractivity contribution in [3.8, 4) is 0 Å². The van der Waals surface area contributed by atoms with E-state index in [2.05, 4.69) is 4.98 Å². The van der Waals surface area contributed by atoms with Crippen molar-refractivity contribution >= 4 is 23.7 Å². The molecule has 0 unspecified atom stereocenters. The highest BCUT2D eigenvalue weighted by Crippen LogP contribution is 2.25. The van der Waals surface area contributed by atoms with E-state index in [1.807, 2.05) is 0 Å². The number of rotatable bonds is 3. The minimum absolute atomic E-state index is 0.0332. The molecule has 1 aromatic rings. The monoisotopic (exact) mass is 220 g/mol. The van der Waals surface area contributed by atoms with Gasteiger partial charge in [-0.05, 0) is 6.07 Å². The third-order valence-corrected chi connectivity index (χ3v) is 1.95. The molecule has 1 aromatic heterocycles. The van der Waals surface area contributed by atoms with Crippen molar-refractivity contribution in [2.45, 2.75) is 12.3 Å². The van der Waals surface area contributed by atoms with Gasteiger partial charge in [0.15, 0.2) is 6.29 Å². The molecule has 0 saturated carbocycles. The van der Waals surface area contributed by atoms with Gasteiger partial charge in [0.25, 0.3) is 6.43 Å². The summed E-state index contributed by atoms with van der Waals surface area (Å²) in [6, 6.07) is 1.22. The number of pyridine rings is 1. The molecule has 0 spiro atoms. The van der Waals surface area contributed by atoms with Crippen LogP contribution in [-0.4, -0.2) is 11.3 Å². The van der Waals surface area contributed by atoms with Gasteiger partial charge in [-0.2, -0.15) is 0 Å². The van der Waals surface area contributed by atoms with E-state index in [-0.39, 0.29) is 22.8 Å². The largest absolute Gasteiger partial charge is 0.384 e. The minimum atomic E-state index is -2.79. The van der Waals surface area contributed by atoms with E-state index in [0.29, 0.717) is 6.29 Å². The maximum absolute atomic E-state index is 12.4. The summed E-state index contributed by atoms with van der Waals surface area (Å²) in [4.78, 5) is 14.0. The van der Waals surface area contributed by atoms with E-state index < -0.39 is 12.1 Å². The van der Waals surface area contributed by atoms with Crippen molar-refractivity contribution in [1.82, 2.24) is 4.98 Å². The van der Waals surface area contributed by atoms with Crippen LogP contribution in [0, 0.1) is 0 Å². The minimum Gasteiger partial charge on any atom is -0.384 e. The number of alkyl halides is 3. The molecule has 0 aliphatic rings. The Morgan fingerprint density at radius 2 is 2.29 bits per heavy atom. The first-order valence-corrected chi connectivity index (χ1v) is 4.22. The molecular formula is C8H7ClF2N2O. The lowest BCUT2D eigenvalue weighted by Crippen LogP contribution is -2.05. The summed E-state index contributed by atoms with van der Waals surface area (Å²) in [6.45, 7) is 0. The number of aromatic nitrogens is 1. The van der Waals surface area contributed by atoms with Gasteiger partial charge in [0.2, 0.25) is 0 Å². The van der Waals surface area contributed by atoms with Crippen LogP contribution in [-0.2, 0) is 5.88 Å². The van der Waals surface area contributed by atoms with Crippen LogP contribution < -0.4 is 5.73 Å². The molecule has 0 aliphatic carbocycles. The van der Waals surface area contributed by atoms with E-state index in [4.69, 9.17) is 17.3 Å². The summed E-state index contributed by atoms with van der Waals surface area (Å²) in [5.74, 6) is -0.308. The first-order chi connectivity index (χ1) is 6.60. The molecule has 0 saturated heterocycles. The van der Waals surface area contributed by atoms with Crippen molar-refractivity contribution in [2.24, 2.45) is 0 Å². The molecule has 0 radical (unpaired) electrons. The molecule has 0 fully saturated rings. The normalized spacial score (nSPS) is 10.6. The zero-order valence-electron chi connectivity index (χ0n) is 7.01. The third kappa shape index (κ3) is 1.98. The van der Waals surface area contributed by atoms with Gasteiger partial charge in [0.05, 0.1) is 5.88 Å². The van der Waals surface area contributed by atoms with Gasteiger partial charge in [-0.3, -0.25) is 4.79 Å². The van der Waals surface area contributed by atoms with E-state index in [1.165, 1.54) is 6.07 Å². The number of carbonyl (C=O) groups is 1. The van der Waals surface area contributed by atoms with Crippen LogP contribution in [0.3, 0.4) is 0 Å². The fraction of sp³-hybridized carbons (Fsp3) is 0.250. The summed E-state index contributed by atoms with van der Waals surface area (Å²) >= 11 is 5.44. The average molecular weight is 221 g/mol. The number of hydrogen-bond donors (Lipinski definition) is 1. The number of halogens is 3. The van der Waals surface area contributed by atoms with Gasteiger partial charge >= 0.3 is 0 Å². The number of nitrogens with two attached hydrogens (primary N) is 1. The number of nitrogen functional groups attached to an aromatic ring is 1. The molecule has 2 N–H and O–H groups in total. The average Bonchev–Trinajstić information content (AvgIpc) is 2.16. The van der Waals surface area contributed by atoms with E-state index in [0.717, 1.165) is 0 Å². The lowest BCUT2D eigenvalue weighted by atomic mass is 10.1. The molecule has 0 atom stereocenters. The zero-order valence-corrected chi connectivity index (χ0v) is 7.76. The lowest BCUT2D eigenvalue weighted by molar-refractivity contribution is 0.112. The molecule has 0 aliphatic heterocycles. The van der Waals surface area contributed by atoms with E-state index >= 15 is 0 Å². The predicted octanol–water partition coefficient (Wildman–Crippen LogP) is 2.15. The number of carbonyl (C=O) groups excluding carboxylic acids is 1. The van der Waals surface area contributed by atoms with Crippen molar-refractivity contribution in [3.05, 3.63) is 22.9 Å². The molecule has 6 heteroatoms.